The van der Waals surface area contributed by atoms with Crippen LogP contribution in [0.25, 0.3) is 0 Å². The van der Waals surface area contributed by atoms with Gasteiger partial charge in [-0.15, -0.1) is 0 Å². The summed E-state index contributed by atoms with van der Waals surface area (Å²) in [5.74, 6) is -1.21. The highest BCUT2D eigenvalue weighted by atomic mass is 32.2. The molecule has 45 heavy (non-hydrogen) atoms. The fraction of sp³-hybridized carbons (Fsp3) is 0.367. The highest BCUT2D eigenvalue weighted by molar-refractivity contribution is 7.90. The first-order valence-electron chi connectivity index (χ1n) is 14.6. The maximum Gasteiger partial charge on any atom is 0.243 e. The van der Waals surface area contributed by atoms with Gasteiger partial charge >= 0.3 is 0 Å². The Balaban J connectivity index is 1.33. The van der Waals surface area contributed by atoms with E-state index in [0.29, 0.717) is 18.7 Å². The van der Waals surface area contributed by atoms with E-state index in [1.54, 1.807) is 0 Å². The second kappa shape index (κ2) is 13.6. The van der Waals surface area contributed by atoms with E-state index in [1.807, 2.05) is 0 Å². The van der Waals surface area contributed by atoms with E-state index in [4.69, 9.17) is 0 Å². The zero-order chi connectivity index (χ0) is 32.2. The second-order valence-electron chi connectivity index (χ2n) is 11.2. The summed E-state index contributed by atoms with van der Waals surface area (Å²) in [6, 6.07) is 15.4. The van der Waals surface area contributed by atoms with Gasteiger partial charge in [-0.05, 0) is 91.9 Å². The minimum Gasteiger partial charge on any atom is -0.325 e. The van der Waals surface area contributed by atoms with Crippen LogP contribution < -0.4 is 10.0 Å². The zero-order valence-electron chi connectivity index (χ0n) is 24.4. The predicted molar refractivity (Wildman–Crippen MR) is 166 cm³/mol. The van der Waals surface area contributed by atoms with E-state index in [2.05, 4.69) is 10.0 Å². The van der Waals surface area contributed by atoms with Crippen LogP contribution in [0.1, 0.15) is 44.1 Å². The first-order chi connectivity index (χ1) is 21.3. The lowest BCUT2D eigenvalue weighted by molar-refractivity contribution is -0.116. The number of sulfonamides is 3. The summed E-state index contributed by atoms with van der Waals surface area (Å²) in [5.41, 5.74) is 0.688. The van der Waals surface area contributed by atoms with E-state index in [0.717, 1.165) is 42.8 Å². The molecule has 0 bridgehead atoms. The van der Waals surface area contributed by atoms with Crippen molar-refractivity contribution < 1.29 is 34.4 Å². The standard InChI is InChI=1S/C30H35FN4O7S3/c31-24-9-7-23(8-10-24)21-35(22-30(36)32-25-11-13-28(14-12-25)44(39,40)34-19-3-4-20-34)45(41,42)29-17-15-27(16-18-29)43(37,38)33-26-5-1-2-6-26/h7-18,26,33H,1-6,19-22H2,(H,32,36). The summed E-state index contributed by atoms with van der Waals surface area (Å²) in [7, 11) is -11.8. The quantitative estimate of drug-likeness (QED) is 0.297. The fourth-order valence-corrected chi connectivity index (χ4v) is 9.65. The Kier molecular flexibility index (Phi) is 10.1. The average molecular weight is 679 g/mol. The first kappa shape index (κ1) is 33.2. The Morgan fingerprint density at radius 3 is 1.91 bits per heavy atom. The predicted octanol–water partition coefficient (Wildman–Crippen LogP) is 3.66. The molecule has 1 aliphatic carbocycles. The van der Waals surface area contributed by atoms with Gasteiger partial charge in [-0.1, -0.05) is 25.0 Å². The van der Waals surface area contributed by atoms with Crippen LogP contribution in [-0.4, -0.2) is 65.4 Å². The van der Waals surface area contributed by atoms with Crippen molar-refractivity contribution in [2.24, 2.45) is 0 Å². The van der Waals surface area contributed by atoms with Crippen LogP contribution >= 0.6 is 0 Å². The van der Waals surface area contributed by atoms with Crippen LogP contribution in [-0.2, 0) is 41.4 Å². The Labute approximate surface area is 263 Å². The molecule has 242 valence electrons. The van der Waals surface area contributed by atoms with Crippen LogP contribution in [0.5, 0.6) is 0 Å². The van der Waals surface area contributed by atoms with Gasteiger partial charge in [-0.25, -0.2) is 34.4 Å². The van der Waals surface area contributed by atoms with Crippen molar-refractivity contribution >= 4 is 41.7 Å². The highest BCUT2D eigenvalue weighted by Gasteiger charge is 2.30. The number of halogens is 1. The summed E-state index contributed by atoms with van der Waals surface area (Å²) >= 11 is 0. The van der Waals surface area contributed by atoms with Crippen LogP contribution in [0.2, 0.25) is 0 Å². The topological polar surface area (TPSA) is 150 Å². The lowest BCUT2D eigenvalue weighted by Gasteiger charge is -2.22. The summed E-state index contributed by atoms with van der Waals surface area (Å²) in [5, 5.41) is 2.60. The van der Waals surface area contributed by atoms with Crippen molar-refractivity contribution in [1.82, 2.24) is 13.3 Å². The average Bonchev–Trinajstić information content (AvgIpc) is 3.74. The Hall–Kier alpha value is -3.21. The molecule has 0 unspecified atom stereocenters. The Morgan fingerprint density at radius 2 is 1.31 bits per heavy atom. The minimum absolute atomic E-state index is 0.0774. The summed E-state index contributed by atoms with van der Waals surface area (Å²) < 4.78 is 97.3. The van der Waals surface area contributed by atoms with Gasteiger partial charge in [0.1, 0.15) is 5.82 Å². The van der Waals surface area contributed by atoms with Crippen molar-refractivity contribution in [2.75, 3.05) is 25.0 Å². The SMILES string of the molecule is O=C(CN(Cc1ccc(F)cc1)S(=O)(=O)c1ccc(S(=O)(=O)NC2CCCC2)cc1)Nc1ccc(S(=O)(=O)N2CCCC2)cc1. The number of nitrogens with zero attached hydrogens (tertiary/aromatic N) is 2. The van der Waals surface area contributed by atoms with Gasteiger partial charge in [0.15, 0.2) is 0 Å². The van der Waals surface area contributed by atoms with Gasteiger partial charge in [0.25, 0.3) is 0 Å². The van der Waals surface area contributed by atoms with Crippen molar-refractivity contribution in [3.63, 3.8) is 0 Å². The van der Waals surface area contributed by atoms with E-state index < -0.39 is 48.3 Å². The second-order valence-corrected chi connectivity index (χ2v) is 16.7. The number of anilines is 1. The van der Waals surface area contributed by atoms with E-state index in [1.165, 1.54) is 77.1 Å². The number of nitrogens with one attached hydrogen (secondary N) is 2. The highest BCUT2D eigenvalue weighted by Crippen LogP contribution is 2.25. The summed E-state index contributed by atoms with van der Waals surface area (Å²) in [6.07, 6.45) is 4.96. The Morgan fingerprint density at radius 1 is 0.756 bits per heavy atom. The molecule has 11 nitrogen and oxygen atoms in total. The van der Waals surface area contributed by atoms with Gasteiger partial charge in [0.2, 0.25) is 36.0 Å². The largest absolute Gasteiger partial charge is 0.325 e. The van der Waals surface area contributed by atoms with Crippen LogP contribution in [0.15, 0.2) is 87.5 Å². The molecule has 2 fully saturated rings. The maximum atomic E-state index is 13.7. The van der Waals surface area contributed by atoms with Crippen molar-refractivity contribution in [1.29, 1.82) is 0 Å². The molecular weight excluding hydrogens is 644 g/mol. The van der Waals surface area contributed by atoms with Crippen molar-refractivity contribution in [3.8, 4) is 0 Å². The van der Waals surface area contributed by atoms with E-state index in [-0.39, 0.29) is 33.0 Å². The normalized spacial score (nSPS) is 16.8. The molecule has 0 spiro atoms. The molecule has 0 aromatic heterocycles. The van der Waals surface area contributed by atoms with Crippen LogP contribution in [0.3, 0.4) is 0 Å². The number of hydrogen-bond acceptors (Lipinski definition) is 7. The monoisotopic (exact) mass is 678 g/mol. The lowest BCUT2D eigenvalue weighted by Crippen LogP contribution is -2.37. The van der Waals surface area contributed by atoms with Gasteiger partial charge in [0, 0.05) is 31.4 Å². The van der Waals surface area contributed by atoms with Crippen molar-refractivity contribution in [3.05, 3.63) is 84.2 Å². The lowest BCUT2D eigenvalue weighted by atomic mass is 10.2. The molecule has 15 heteroatoms. The summed E-state index contributed by atoms with van der Waals surface area (Å²) in [4.78, 5) is 12.9. The number of hydrogen-bond donors (Lipinski definition) is 2. The van der Waals surface area contributed by atoms with Gasteiger partial charge in [-0.2, -0.15) is 8.61 Å². The van der Waals surface area contributed by atoms with Crippen LogP contribution in [0.4, 0.5) is 10.1 Å². The van der Waals surface area contributed by atoms with E-state index >= 15 is 0 Å². The Bertz CT molecular complexity index is 1820. The molecule has 2 aliphatic rings. The third-order valence-electron chi connectivity index (χ3n) is 7.88. The smallest absolute Gasteiger partial charge is 0.243 e. The molecule has 3 aromatic carbocycles. The number of carbonyl (C=O) groups is 1. The molecule has 0 radical (unpaired) electrons. The van der Waals surface area contributed by atoms with Gasteiger partial charge in [-0.3, -0.25) is 4.79 Å². The maximum absolute atomic E-state index is 13.7. The van der Waals surface area contributed by atoms with Gasteiger partial charge < -0.3 is 5.32 Å². The zero-order valence-corrected chi connectivity index (χ0v) is 26.9. The fourth-order valence-electron chi connectivity index (χ4n) is 5.44. The molecule has 1 aliphatic heterocycles. The minimum atomic E-state index is -4.34. The number of rotatable bonds is 12. The molecular formula is C30H35FN4O7S3. The molecule has 3 aromatic rings. The molecule has 1 heterocycles. The molecule has 1 saturated heterocycles. The molecule has 1 amide bonds. The number of benzene rings is 3. The van der Waals surface area contributed by atoms with Crippen molar-refractivity contribution in [2.45, 2.75) is 65.8 Å². The van der Waals surface area contributed by atoms with E-state index in [9.17, 15) is 34.4 Å². The third kappa shape index (κ3) is 7.96. The molecule has 1 saturated carbocycles. The molecule has 0 atom stereocenters. The molecule has 5 rings (SSSR count). The third-order valence-corrected chi connectivity index (χ3v) is 13.1. The van der Waals surface area contributed by atoms with Crippen LogP contribution in [0, 0.1) is 5.82 Å². The number of carbonyl (C=O) groups excluding carboxylic acids is 1. The van der Waals surface area contributed by atoms with Gasteiger partial charge in [0.05, 0.1) is 21.2 Å². The summed E-state index contributed by atoms with van der Waals surface area (Å²) in [6.45, 7) is 0.00726. The molecule has 2 N–H and O–H groups in total. The first-order valence-corrected chi connectivity index (χ1v) is 19.0. The number of amides is 1.